The van der Waals surface area contributed by atoms with Crippen molar-refractivity contribution in [1.29, 1.82) is 0 Å². The fourth-order valence-electron chi connectivity index (χ4n) is 3.76. The second kappa shape index (κ2) is 8.13. The van der Waals surface area contributed by atoms with Gasteiger partial charge in [-0.2, -0.15) is 5.10 Å². The molecule has 0 saturated carbocycles. The van der Waals surface area contributed by atoms with Crippen molar-refractivity contribution in [3.05, 3.63) is 48.3 Å². The molecular weight excluding hydrogens is 314 g/mol. The maximum atomic E-state index is 5.85. The Bertz CT molecular complexity index is 628. The van der Waals surface area contributed by atoms with Crippen molar-refractivity contribution in [2.75, 3.05) is 26.3 Å². The van der Waals surface area contributed by atoms with Crippen molar-refractivity contribution in [3.63, 3.8) is 0 Å². The zero-order chi connectivity index (χ0) is 16.9. The molecule has 0 amide bonds. The van der Waals surface area contributed by atoms with Crippen LogP contribution in [0.3, 0.4) is 0 Å². The Balaban J connectivity index is 1.42. The number of nitrogens with zero attached hydrogens (tertiary/aromatic N) is 3. The predicted molar refractivity (Wildman–Crippen MR) is 96.8 cm³/mol. The van der Waals surface area contributed by atoms with Crippen LogP contribution in [-0.2, 0) is 16.0 Å². The van der Waals surface area contributed by atoms with Crippen molar-refractivity contribution in [3.8, 4) is 5.69 Å². The fourth-order valence-corrected chi connectivity index (χ4v) is 3.76. The van der Waals surface area contributed by atoms with E-state index >= 15 is 0 Å². The maximum absolute atomic E-state index is 5.85. The molecule has 134 valence electrons. The first-order valence-electron chi connectivity index (χ1n) is 9.42. The van der Waals surface area contributed by atoms with Gasteiger partial charge in [-0.15, -0.1) is 0 Å². The van der Waals surface area contributed by atoms with E-state index in [1.54, 1.807) is 0 Å². The summed E-state index contributed by atoms with van der Waals surface area (Å²) in [6.07, 6.45) is 7.46. The Morgan fingerprint density at radius 2 is 1.64 bits per heavy atom. The quantitative estimate of drug-likeness (QED) is 0.776. The van der Waals surface area contributed by atoms with E-state index in [4.69, 9.17) is 14.6 Å². The van der Waals surface area contributed by atoms with Crippen molar-refractivity contribution in [1.82, 2.24) is 14.7 Å². The van der Waals surface area contributed by atoms with Gasteiger partial charge in [-0.3, -0.25) is 4.90 Å². The summed E-state index contributed by atoms with van der Waals surface area (Å²) >= 11 is 0. The van der Waals surface area contributed by atoms with Gasteiger partial charge in [-0.05, 0) is 43.9 Å². The van der Waals surface area contributed by atoms with Gasteiger partial charge in [0.1, 0.15) is 0 Å². The Morgan fingerprint density at radius 3 is 2.24 bits per heavy atom. The summed E-state index contributed by atoms with van der Waals surface area (Å²) in [5, 5.41) is 4.76. The summed E-state index contributed by atoms with van der Waals surface area (Å²) in [5.74, 6) is 0. The zero-order valence-corrected chi connectivity index (χ0v) is 14.7. The molecule has 25 heavy (non-hydrogen) atoms. The highest BCUT2D eigenvalue weighted by Crippen LogP contribution is 2.19. The summed E-state index contributed by atoms with van der Waals surface area (Å²) in [5.41, 5.74) is 2.19. The normalized spacial score (nSPS) is 23.6. The van der Waals surface area contributed by atoms with Gasteiger partial charge in [-0.1, -0.05) is 18.2 Å². The SMILES string of the molecule is c1ccc(-n2ccc(CN(C[C@H]3CCCO3)C[C@H]3CCCO3)n2)cc1. The second-order valence-corrected chi connectivity index (χ2v) is 7.05. The first-order valence-corrected chi connectivity index (χ1v) is 9.42. The van der Waals surface area contributed by atoms with E-state index < -0.39 is 0 Å². The highest BCUT2D eigenvalue weighted by Gasteiger charge is 2.24. The van der Waals surface area contributed by atoms with Crippen LogP contribution in [0.2, 0.25) is 0 Å². The fraction of sp³-hybridized carbons (Fsp3) is 0.550. The van der Waals surface area contributed by atoms with Gasteiger partial charge < -0.3 is 9.47 Å². The minimum absolute atomic E-state index is 0.359. The molecule has 0 spiro atoms. The third kappa shape index (κ3) is 4.48. The first kappa shape index (κ1) is 16.8. The summed E-state index contributed by atoms with van der Waals surface area (Å²) in [6.45, 7) is 4.60. The number of benzene rings is 1. The van der Waals surface area contributed by atoms with Gasteiger partial charge in [0.2, 0.25) is 0 Å². The molecule has 2 aromatic rings. The van der Waals surface area contributed by atoms with Crippen LogP contribution in [0.25, 0.3) is 5.69 Å². The lowest BCUT2D eigenvalue weighted by atomic mass is 10.2. The van der Waals surface area contributed by atoms with E-state index in [0.717, 1.165) is 44.2 Å². The zero-order valence-electron chi connectivity index (χ0n) is 14.7. The van der Waals surface area contributed by atoms with Crippen LogP contribution in [0.1, 0.15) is 31.4 Å². The van der Waals surface area contributed by atoms with E-state index in [2.05, 4.69) is 23.1 Å². The molecule has 0 N–H and O–H groups in total. The highest BCUT2D eigenvalue weighted by molar-refractivity contribution is 5.30. The van der Waals surface area contributed by atoms with Crippen molar-refractivity contribution >= 4 is 0 Å². The van der Waals surface area contributed by atoms with Crippen LogP contribution in [-0.4, -0.2) is 53.2 Å². The number of aromatic nitrogens is 2. The first-order chi connectivity index (χ1) is 12.4. The standard InChI is InChI=1S/C20H27N3O2/c1-2-6-18(7-3-1)23-11-10-17(21-23)14-22(15-19-8-4-12-24-19)16-20-9-5-13-25-20/h1-3,6-7,10-11,19-20H,4-5,8-9,12-16H2/t19-,20-/m1/s1. The molecule has 2 saturated heterocycles. The Morgan fingerprint density at radius 1 is 0.960 bits per heavy atom. The van der Waals surface area contributed by atoms with Crippen LogP contribution in [0.5, 0.6) is 0 Å². The minimum Gasteiger partial charge on any atom is -0.377 e. The smallest absolute Gasteiger partial charge is 0.0769 e. The number of ether oxygens (including phenoxy) is 2. The van der Waals surface area contributed by atoms with Crippen LogP contribution >= 0.6 is 0 Å². The molecule has 2 fully saturated rings. The lowest BCUT2D eigenvalue weighted by Gasteiger charge is -2.26. The molecule has 2 atom stereocenters. The molecule has 0 bridgehead atoms. The molecule has 2 aliphatic heterocycles. The van der Waals surface area contributed by atoms with Crippen LogP contribution in [0, 0.1) is 0 Å². The summed E-state index contributed by atoms with van der Waals surface area (Å²) in [4.78, 5) is 2.46. The molecule has 0 aliphatic carbocycles. The van der Waals surface area contributed by atoms with E-state index in [9.17, 15) is 0 Å². The van der Waals surface area contributed by atoms with Crippen molar-refractivity contribution < 1.29 is 9.47 Å². The summed E-state index contributed by atoms with van der Waals surface area (Å²) in [7, 11) is 0. The monoisotopic (exact) mass is 341 g/mol. The van der Waals surface area contributed by atoms with Gasteiger partial charge in [0, 0.05) is 39.0 Å². The highest BCUT2D eigenvalue weighted by atomic mass is 16.5. The third-order valence-corrected chi connectivity index (χ3v) is 5.02. The molecule has 1 aromatic carbocycles. The average molecular weight is 341 g/mol. The molecule has 5 heteroatoms. The molecule has 4 rings (SSSR count). The lowest BCUT2D eigenvalue weighted by Crippen LogP contribution is -2.37. The molecule has 5 nitrogen and oxygen atoms in total. The number of hydrogen-bond acceptors (Lipinski definition) is 4. The Labute approximate surface area is 149 Å². The molecule has 2 aliphatic rings. The Kier molecular flexibility index (Phi) is 5.45. The molecule has 0 radical (unpaired) electrons. The van der Waals surface area contributed by atoms with Gasteiger partial charge in [-0.25, -0.2) is 4.68 Å². The van der Waals surface area contributed by atoms with Crippen LogP contribution in [0.4, 0.5) is 0 Å². The maximum Gasteiger partial charge on any atom is 0.0769 e. The van der Waals surface area contributed by atoms with Crippen LogP contribution < -0.4 is 0 Å². The van der Waals surface area contributed by atoms with Crippen molar-refractivity contribution in [2.24, 2.45) is 0 Å². The van der Waals surface area contributed by atoms with E-state index in [-0.39, 0.29) is 0 Å². The topological polar surface area (TPSA) is 39.5 Å². The van der Waals surface area contributed by atoms with E-state index in [1.807, 2.05) is 29.1 Å². The lowest BCUT2D eigenvalue weighted by molar-refractivity contribution is 0.0341. The van der Waals surface area contributed by atoms with E-state index in [1.165, 1.54) is 25.7 Å². The summed E-state index contributed by atoms with van der Waals surface area (Å²) < 4.78 is 13.7. The van der Waals surface area contributed by atoms with Crippen LogP contribution in [0.15, 0.2) is 42.6 Å². The van der Waals surface area contributed by atoms with Crippen molar-refractivity contribution in [2.45, 2.75) is 44.4 Å². The van der Waals surface area contributed by atoms with Gasteiger partial charge in [0.15, 0.2) is 0 Å². The average Bonchev–Trinajstić information content (AvgIpc) is 3.38. The molecule has 0 unspecified atom stereocenters. The summed E-state index contributed by atoms with van der Waals surface area (Å²) in [6, 6.07) is 12.4. The van der Waals surface area contributed by atoms with E-state index in [0.29, 0.717) is 12.2 Å². The Hall–Kier alpha value is -1.69. The number of para-hydroxylation sites is 1. The minimum atomic E-state index is 0.359. The van der Waals surface area contributed by atoms with Gasteiger partial charge in [0.05, 0.1) is 23.6 Å². The van der Waals surface area contributed by atoms with Gasteiger partial charge >= 0.3 is 0 Å². The number of hydrogen-bond donors (Lipinski definition) is 0. The number of rotatable bonds is 7. The second-order valence-electron chi connectivity index (χ2n) is 7.05. The third-order valence-electron chi connectivity index (χ3n) is 5.02. The van der Waals surface area contributed by atoms with Gasteiger partial charge in [0.25, 0.3) is 0 Å². The predicted octanol–water partition coefficient (Wildman–Crippen LogP) is 3.03. The largest absolute Gasteiger partial charge is 0.377 e. The molecule has 3 heterocycles. The molecular formula is C20H27N3O2. The molecule has 1 aromatic heterocycles.